The minimum atomic E-state index is -0.669. The van der Waals surface area contributed by atoms with Crippen molar-refractivity contribution in [3.8, 4) is 11.8 Å². The molecule has 3 N–H and O–H groups in total. The first-order chi connectivity index (χ1) is 11.1. The van der Waals surface area contributed by atoms with Gasteiger partial charge in [0.2, 0.25) is 5.91 Å². The van der Waals surface area contributed by atoms with Gasteiger partial charge in [-0.15, -0.1) is 0 Å². The molecule has 0 unspecified atom stereocenters. The van der Waals surface area contributed by atoms with E-state index in [0.717, 1.165) is 5.56 Å². The maximum absolute atomic E-state index is 12.3. The first-order valence-electron chi connectivity index (χ1n) is 6.81. The number of methoxy groups -OCH3 is 1. The standard InChI is InChI=1S/C17H15N3O3/c1-23-15-10-12(7-6-11(15)8-9-18)20-17(22)14-5-3-2-4-13(14)16(19)21/h2-7,10H,8H2,1H3,(H2,19,21)(H,20,22). The third-order valence-corrected chi connectivity index (χ3v) is 3.25. The van der Waals surface area contributed by atoms with E-state index in [2.05, 4.69) is 5.32 Å². The molecule has 2 aromatic rings. The topological polar surface area (TPSA) is 105 Å². The average Bonchev–Trinajstić information content (AvgIpc) is 2.56. The van der Waals surface area contributed by atoms with Gasteiger partial charge in [0.15, 0.2) is 0 Å². The first-order valence-corrected chi connectivity index (χ1v) is 6.81. The number of carbonyl (C=O) groups is 2. The van der Waals surface area contributed by atoms with Crippen molar-refractivity contribution in [2.45, 2.75) is 6.42 Å². The fraction of sp³-hybridized carbons (Fsp3) is 0.118. The van der Waals surface area contributed by atoms with Gasteiger partial charge in [0, 0.05) is 17.3 Å². The molecule has 0 aliphatic heterocycles. The summed E-state index contributed by atoms with van der Waals surface area (Å²) in [5.41, 5.74) is 6.84. The van der Waals surface area contributed by atoms with Crippen LogP contribution in [0.15, 0.2) is 42.5 Å². The van der Waals surface area contributed by atoms with Gasteiger partial charge in [-0.2, -0.15) is 5.26 Å². The maximum Gasteiger partial charge on any atom is 0.256 e. The van der Waals surface area contributed by atoms with E-state index in [9.17, 15) is 9.59 Å². The number of anilines is 1. The van der Waals surface area contributed by atoms with E-state index in [1.165, 1.54) is 19.2 Å². The van der Waals surface area contributed by atoms with E-state index in [1.54, 1.807) is 30.3 Å². The molecular weight excluding hydrogens is 294 g/mol. The molecule has 0 saturated carbocycles. The van der Waals surface area contributed by atoms with Crippen molar-refractivity contribution < 1.29 is 14.3 Å². The number of nitrogens with zero attached hydrogens (tertiary/aromatic N) is 1. The quantitative estimate of drug-likeness (QED) is 0.882. The van der Waals surface area contributed by atoms with Gasteiger partial charge in [0.1, 0.15) is 5.75 Å². The minimum absolute atomic E-state index is 0.151. The molecule has 0 saturated heterocycles. The number of nitrogens with one attached hydrogen (secondary N) is 1. The molecule has 0 bridgehead atoms. The number of hydrogen-bond donors (Lipinski definition) is 2. The van der Waals surface area contributed by atoms with E-state index in [0.29, 0.717) is 11.4 Å². The molecule has 0 spiro atoms. The normalized spacial score (nSPS) is 9.74. The monoisotopic (exact) mass is 309 g/mol. The highest BCUT2D eigenvalue weighted by Gasteiger charge is 2.15. The van der Waals surface area contributed by atoms with Gasteiger partial charge >= 0.3 is 0 Å². The Morgan fingerprint density at radius 1 is 1.22 bits per heavy atom. The van der Waals surface area contributed by atoms with Crippen molar-refractivity contribution in [2.24, 2.45) is 5.73 Å². The summed E-state index contributed by atoms with van der Waals surface area (Å²) in [4.78, 5) is 23.7. The van der Waals surface area contributed by atoms with Crippen LogP contribution in [-0.2, 0) is 6.42 Å². The van der Waals surface area contributed by atoms with Crippen LogP contribution in [0, 0.1) is 11.3 Å². The fourth-order valence-electron chi connectivity index (χ4n) is 2.15. The molecule has 116 valence electrons. The molecule has 0 radical (unpaired) electrons. The van der Waals surface area contributed by atoms with Crippen molar-refractivity contribution in [3.63, 3.8) is 0 Å². The number of amides is 2. The van der Waals surface area contributed by atoms with E-state index >= 15 is 0 Å². The SMILES string of the molecule is COc1cc(NC(=O)c2ccccc2C(N)=O)ccc1CC#N. The van der Waals surface area contributed by atoms with Crippen molar-refractivity contribution in [1.29, 1.82) is 5.26 Å². The Bertz CT molecular complexity index is 794. The maximum atomic E-state index is 12.3. The van der Waals surface area contributed by atoms with Gasteiger partial charge in [-0.1, -0.05) is 18.2 Å². The van der Waals surface area contributed by atoms with Crippen molar-refractivity contribution in [2.75, 3.05) is 12.4 Å². The Balaban J connectivity index is 2.28. The second-order valence-electron chi connectivity index (χ2n) is 4.73. The van der Waals surface area contributed by atoms with Crippen LogP contribution in [0.2, 0.25) is 0 Å². The molecule has 23 heavy (non-hydrogen) atoms. The highest BCUT2D eigenvalue weighted by molar-refractivity contribution is 6.11. The summed E-state index contributed by atoms with van der Waals surface area (Å²) in [5, 5.41) is 11.5. The van der Waals surface area contributed by atoms with Crippen molar-refractivity contribution in [3.05, 3.63) is 59.2 Å². The number of rotatable bonds is 5. The van der Waals surface area contributed by atoms with Crippen LogP contribution in [0.4, 0.5) is 5.69 Å². The number of carbonyl (C=O) groups excluding carboxylic acids is 2. The Kier molecular flexibility index (Phi) is 4.95. The predicted octanol–water partition coefficient (Wildman–Crippen LogP) is 2.11. The van der Waals surface area contributed by atoms with Gasteiger partial charge in [0.25, 0.3) is 5.91 Å². The third kappa shape index (κ3) is 3.66. The summed E-state index contributed by atoms with van der Waals surface area (Å²) in [6.07, 6.45) is 0.210. The smallest absolute Gasteiger partial charge is 0.256 e. The lowest BCUT2D eigenvalue weighted by atomic mass is 10.1. The molecule has 2 rings (SSSR count). The number of nitriles is 1. The van der Waals surface area contributed by atoms with Gasteiger partial charge < -0.3 is 15.8 Å². The van der Waals surface area contributed by atoms with Gasteiger partial charge in [-0.25, -0.2) is 0 Å². The zero-order chi connectivity index (χ0) is 16.8. The Morgan fingerprint density at radius 2 is 1.91 bits per heavy atom. The van der Waals surface area contributed by atoms with E-state index in [-0.39, 0.29) is 17.5 Å². The molecular formula is C17H15N3O3. The zero-order valence-corrected chi connectivity index (χ0v) is 12.5. The molecule has 6 heteroatoms. The van der Waals surface area contributed by atoms with Crippen LogP contribution >= 0.6 is 0 Å². The van der Waals surface area contributed by atoms with Gasteiger partial charge in [-0.3, -0.25) is 9.59 Å². The minimum Gasteiger partial charge on any atom is -0.496 e. The van der Waals surface area contributed by atoms with E-state index in [1.807, 2.05) is 6.07 Å². The largest absolute Gasteiger partial charge is 0.496 e. The number of primary amides is 1. The summed E-state index contributed by atoms with van der Waals surface area (Å²) >= 11 is 0. The summed E-state index contributed by atoms with van der Waals surface area (Å²) in [6.45, 7) is 0. The van der Waals surface area contributed by atoms with E-state index in [4.69, 9.17) is 15.7 Å². The number of nitrogens with two attached hydrogens (primary N) is 1. The fourth-order valence-corrected chi connectivity index (χ4v) is 2.15. The predicted molar refractivity (Wildman–Crippen MR) is 85.2 cm³/mol. The summed E-state index contributed by atoms with van der Waals surface area (Å²) in [5.74, 6) is -0.611. The lowest BCUT2D eigenvalue weighted by Crippen LogP contribution is -2.20. The molecule has 0 heterocycles. The number of ether oxygens (including phenoxy) is 1. The van der Waals surface area contributed by atoms with Crippen LogP contribution in [-0.4, -0.2) is 18.9 Å². The molecule has 6 nitrogen and oxygen atoms in total. The Hall–Kier alpha value is -3.33. The van der Waals surface area contributed by atoms with Crippen LogP contribution < -0.4 is 15.8 Å². The highest BCUT2D eigenvalue weighted by Crippen LogP contribution is 2.24. The van der Waals surface area contributed by atoms with Gasteiger partial charge in [-0.05, 0) is 18.2 Å². The Labute approximate surface area is 133 Å². The van der Waals surface area contributed by atoms with E-state index < -0.39 is 11.8 Å². The first kappa shape index (κ1) is 16.0. The van der Waals surface area contributed by atoms with Crippen molar-refractivity contribution >= 4 is 17.5 Å². The average molecular weight is 309 g/mol. The lowest BCUT2D eigenvalue weighted by molar-refractivity contribution is 0.0977. The number of hydrogen-bond acceptors (Lipinski definition) is 4. The molecule has 0 fully saturated rings. The highest BCUT2D eigenvalue weighted by atomic mass is 16.5. The molecule has 0 aliphatic rings. The number of benzene rings is 2. The summed E-state index contributed by atoms with van der Waals surface area (Å²) in [6, 6.07) is 13.3. The summed E-state index contributed by atoms with van der Waals surface area (Å²) in [7, 11) is 1.49. The van der Waals surface area contributed by atoms with Crippen molar-refractivity contribution in [1.82, 2.24) is 0 Å². The lowest BCUT2D eigenvalue weighted by Gasteiger charge is -2.11. The summed E-state index contributed by atoms with van der Waals surface area (Å²) < 4.78 is 5.21. The molecule has 0 aromatic heterocycles. The van der Waals surface area contributed by atoms with Crippen LogP contribution in [0.5, 0.6) is 5.75 Å². The molecule has 2 aromatic carbocycles. The Morgan fingerprint density at radius 3 is 2.52 bits per heavy atom. The third-order valence-electron chi connectivity index (χ3n) is 3.25. The van der Waals surface area contributed by atoms with Crippen LogP contribution in [0.3, 0.4) is 0 Å². The molecule has 2 amide bonds. The molecule has 0 aliphatic carbocycles. The van der Waals surface area contributed by atoms with Crippen LogP contribution in [0.25, 0.3) is 0 Å². The zero-order valence-electron chi connectivity index (χ0n) is 12.5. The second kappa shape index (κ2) is 7.09. The van der Waals surface area contributed by atoms with Crippen LogP contribution in [0.1, 0.15) is 26.3 Å². The molecule has 0 atom stereocenters. The van der Waals surface area contributed by atoms with Gasteiger partial charge in [0.05, 0.1) is 30.7 Å². The second-order valence-corrected chi connectivity index (χ2v) is 4.73.